The molecule has 4 aromatic rings. The molecule has 1 atom stereocenters. The molecule has 158 valence electrons. The zero-order chi connectivity index (χ0) is 21.7. The van der Waals surface area contributed by atoms with Gasteiger partial charge in [-0.05, 0) is 51.0 Å². The maximum atomic E-state index is 13.1. The van der Waals surface area contributed by atoms with Crippen LogP contribution in [-0.2, 0) is 6.42 Å². The summed E-state index contributed by atoms with van der Waals surface area (Å²) in [6, 6.07) is 9.99. The van der Waals surface area contributed by atoms with Crippen molar-refractivity contribution in [1.29, 1.82) is 0 Å². The summed E-state index contributed by atoms with van der Waals surface area (Å²) in [5, 5.41) is 9.25. The van der Waals surface area contributed by atoms with Crippen molar-refractivity contribution in [1.82, 2.24) is 24.6 Å². The fourth-order valence-electron chi connectivity index (χ4n) is 4.41. The SMILES string of the molecule is CC(C)n1ncc2cc(CC(=O)c3ccc4cc5n(c4c3)C(C)CCNC5=O)cnc21. The van der Waals surface area contributed by atoms with E-state index in [1.54, 1.807) is 12.4 Å². The van der Waals surface area contributed by atoms with Gasteiger partial charge in [0.05, 0.1) is 6.20 Å². The topological polar surface area (TPSA) is 81.8 Å². The Labute approximate surface area is 180 Å². The fourth-order valence-corrected chi connectivity index (χ4v) is 4.41. The zero-order valence-corrected chi connectivity index (χ0v) is 17.9. The van der Waals surface area contributed by atoms with Gasteiger partial charge >= 0.3 is 0 Å². The molecule has 1 aromatic carbocycles. The van der Waals surface area contributed by atoms with Crippen LogP contribution in [0.3, 0.4) is 0 Å². The number of pyridine rings is 1. The van der Waals surface area contributed by atoms with E-state index in [2.05, 4.69) is 40.7 Å². The standard InChI is InChI=1S/C24H25N5O2/c1-14(2)29-23-19(13-27-29)8-16(12-26-23)9-22(30)18-5-4-17-10-21-24(31)25-7-6-15(3)28(21)20(17)11-18/h4-5,8,10-15H,6-7,9H2,1-3H3,(H,25,31). The minimum Gasteiger partial charge on any atom is -0.351 e. The van der Waals surface area contributed by atoms with E-state index in [4.69, 9.17) is 0 Å². The summed E-state index contributed by atoms with van der Waals surface area (Å²) in [6.07, 6.45) is 4.68. The van der Waals surface area contributed by atoms with Crippen LogP contribution in [0.15, 0.2) is 42.7 Å². The molecule has 31 heavy (non-hydrogen) atoms. The van der Waals surface area contributed by atoms with Crippen molar-refractivity contribution in [3.8, 4) is 0 Å². The fraction of sp³-hybridized carbons (Fsp3) is 0.333. The van der Waals surface area contributed by atoms with Gasteiger partial charge in [0.25, 0.3) is 5.91 Å². The molecule has 7 nitrogen and oxygen atoms in total. The molecule has 0 saturated heterocycles. The van der Waals surface area contributed by atoms with Crippen molar-refractivity contribution in [3.05, 3.63) is 59.5 Å². The van der Waals surface area contributed by atoms with Crippen molar-refractivity contribution in [2.75, 3.05) is 6.54 Å². The van der Waals surface area contributed by atoms with Crippen LogP contribution in [0.25, 0.3) is 21.9 Å². The predicted octanol–water partition coefficient (Wildman–Crippen LogP) is 4.09. The molecule has 3 aromatic heterocycles. The van der Waals surface area contributed by atoms with Crippen LogP contribution >= 0.6 is 0 Å². The number of rotatable bonds is 4. The second kappa shape index (κ2) is 7.34. The van der Waals surface area contributed by atoms with E-state index >= 15 is 0 Å². The molecule has 1 aliphatic heterocycles. The van der Waals surface area contributed by atoms with Gasteiger partial charge < -0.3 is 9.88 Å². The molecule has 0 spiro atoms. The normalized spacial score (nSPS) is 16.5. The number of Topliss-reactive ketones (excluding diaryl/α,β-unsaturated/α-hetero) is 1. The van der Waals surface area contributed by atoms with E-state index in [-0.39, 0.29) is 30.2 Å². The monoisotopic (exact) mass is 415 g/mol. The first-order valence-electron chi connectivity index (χ1n) is 10.7. The third-order valence-electron chi connectivity index (χ3n) is 6.03. The van der Waals surface area contributed by atoms with E-state index < -0.39 is 0 Å². The maximum Gasteiger partial charge on any atom is 0.267 e. The highest BCUT2D eigenvalue weighted by molar-refractivity contribution is 6.03. The first-order valence-corrected chi connectivity index (χ1v) is 10.7. The Kier molecular flexibility index (Phi) is 4.61. The van der Waals surface area contributed by atoms with E-state index in [0.29, 0.717) is 17.8 Å². The van der Waals surface area contributed by atoms with E-state index in [1.165, 1.54) is 0 Å². The lowest BCUT2D eigenvalue weighted by Crippen LogP contribution is -2.22. The van der Waals surface area contributed by atoms with Gasteiger partial charge in [0.15, 0.2) is 11.4 Å². The van der Waals surface area contributed by atoms with Gasteiger partial charge in [0.2, 0.25) is 0 Å². The zero-order valence-electron chi connectivity index (χ0n) is 17.9. The number of hydrogen-bond donors (Lipinski definition) is 1. The average molecular weight is 415 g/mol. The third kappa shape index (κ3) is 3.30. The molecule has 1 N–H and O–H groups in total. The Morgan fingerprint density at radius 2 is 2.03 bits per heavy atom. The lowest BCUT2D eigenvalue weighted by Gasteiger charge is -2.14. The minimum atomic E-state index is -0.0604. The van der Waals surface area contributed by atoms with Crippen LogP contribution in [-0.4, -0.2) is 37.6 Å². The number of amides is 1. The first-order chi connectivity index (χ1) is 14.9. The number of hydrogen-bond acceptors (Lipinski definition) is 4. The molecule has 0 aliphatic carbocycles. The molecule has 4 heterocycles. The van der Waals surface area contributed by atoms with E-state index in [0.717, 1.165) is 33.9 Å². The Balaban J connectivity index is 1.47. The maximum absolute atomic E-state index is 13.1. The molecule has 1 unspecified atom stereocenters. The quantitative estimate of drug-likeness (QED) is 0.509. The highest BCUT2D eigenvalue weighted by Crippen LogP contribution is 2.29. The molecule has 0 fully saturated rings. The molecule has 0 saturated carbocycles. The molecule has 5 rings (SSSR count). The molecule has 1 amide bonds. The van der Waals surface area contributed by atoms with Gasteiger partial charge in [-0.25, -0.2) is 9.67 Å². The Hall–Kier alpha value is -3.48. The molecule has 7 heteroatoms. The molecule has 1 aliphatic rings. The summed E-state index contributed by atoms with van der Waals surface area (Å²) in [4.78, 5) is 30.0. The van der Waals surface area contributed by atoms with E-state index in [9.17, 15) is 9.59 Å². The van der Waals surface area contributed by atoms with E-state index in [1.807, 2.05) is 35.0 Å². The lowest BCUT2D eigenvalue weighted by atomic mass is 10.0. The predicted molar refractivity (Wildman–Crippen MR) is 120 cm³/mol. The van der Waals surface area contributed by atoms with Gasteiger partial charge in [-0.15, -0.1) is 0 Å². The summed E-state index contributed by atoms with van der Waals surface area (Å²) in [6.45, 7) is 6.89. The Bertz CT molecular complexity index is 1330. The second-order valence-electron chi connectivity index (χ2n) is 8.61. The highest BCUT2D eigenvalue weighted by atomic mass is 16.2. The number of nitrogens with one attached hydrogen (secondary N) is 1. The minimum absolute atomic E-state index is 0.0283. The van der Waals surface area contributed by atoms with Crippen molar-refractivity contribution in [2.45, 2.75) is 45.7 Å². The average Bonchev–Trinajstić information content (AvgIpc) is 3.30. The van der Waals surface area contributed by atoms with Crippen LogP contribution in [0, 0.1) is 0 Å². The van der Waals surface area contributed by atoms with Gasteiger partial charge in [-0.2, -0.15) is 5.10 Å². The Morgan fingerprint density at radius 3 is 2.84 bits per heavy atom. The second-order valence-corrected chi connectivity index (χ2v) is 8.61. The highest BCUT2D eigenvalue weighted by Gasteiger charge is 2.23. The molecule has 0 bridgehead atoms. The number of ketones is 1. The van der Waals surface area contributed by atoms with Crippen LogP contribution in [0.1, 0.15) is 65.7 Å². The molecule has 0 radical (unpaired) electrons. The number of aromatic nitrogens is 4. The molecular weight excluding hydrogens is 390 g/mol. The summed E-state index contributed by atoms with van der Waals surface area (Å²) in [5.74, 6) is -0.0321. The smallest absolute Gasteiger partial charge is 0.267 e. The number of nitrogens with zero attached hydrogens (tertiary/aromatic N) is 4. The van der Waals surface area contributed by atoms with Crippen molar-refractivity contribution in [2.24, 2.45) is 0 Å². The number of carbonyl (C=O) groups is 2. The van der Waals surface area contributed by atoms with Gasteiger partial charge in [-0.3, -0.25) is 9.59 Å². The number of benzene rings is 1. The van der Waals surface area contributed by atoms with Crippen LogP contribution in [0.2, 0.25) is 0 Å². The van der Waals surface area contributed by atoms with Gasteiger partial charge in [0, 0.05) is 53.1 Å². The Morgan fingerprint density at radius 1 is 1.19 bits per heavy atom. The summed E-state index contributed by atoms with van der Waals surface area (Å²) >= 11 is 0. The van der Waals surface area contributed by atoms with Crippen LogP contribution in [0.5, 0.6) is 0 Å². The summed E-state index contributed by atoms with van der Waals surface area (Å²) in [5.41, 5.74) is 3.92. The molecular formula is C24H25N5O2. The summed E-state index contributed by atoms with van der Waals surface area (Å²) in [7, 11) is 0. The van der Waals surface area contributed by atoms with Gasteiger partial charge in [-0.1, -0.05) is 12.1 Å². The third-order valence-corrected chi connectivity index (χ3v) is 6.03. The van der Waals surface area contributed by atoms with Crippen molar-refractivity contribution < 1.29 is 9.59 Å². The van der Waals surface area contributed by atoms with Crippen molar-refractivity contribution >= 4 is 33.6 Å². The lowest BCUT2D eigenvalue weighted by molar-refractivity contribution is 0.0950. The first kappa shape index (κ1) is 19.5. The number of carbonyl (C=O) groups excluding carboxylic acids is 2. The summed E-state index contributed by atoms with van der Waals surface area (Å²) < 4.78 is 3.94. The van der Waals surface area contributed by atoms with Crippen molar-refractivity contribution in [3.63, 3.8) is 0 Å². The van der Waals surface area contributed by atoms with Crippen LogP contribution in [0.4, 0.5) is 0 Å². The van der Waals surface area contributed by atoms with Gasteiger partial charge in [0.1, 0.15) is 5.69 Å². The number of fused-ring (bicyclic) bond motifs is 4. The largest absolute Gasteiger partial charge is 0.351 e. The van der Waals surface area contributed by atoms with Crippen LogP contribution < -0.4 is 5.32 Å².